The molecule has 13 heteroatoms. The standard InChI is InChI=1S/C28H34ClF5N4O3/c1-16-15-38(12-11-37(16)10-9-28(32,33)34)21-13-18(29)6-8-20(21)36-25(40)19-7-5-17(22(30)23(19)31)14-35-26(41)24(39)27(2,3)4/h5-8,13,16,24,39H,9-12,14-15H2,1-4H3,(H,35,41)(H,36,40)/t16-,24+/m1/s1. The zero-order chi connectivity index (χ0) is 30.7. The average molecular weight is 605 g/mol. The van der Waals surface area contributed by atoms with Gasteiger partial charge in [-0.05, 0) is 36.6 Å². The van der Waals surface area contributed by atoms with Crippen LogP contribution >= 0.6 is 11.6 Å². The predicted octanol–water partition coefficient (Wildman–Crippen LogP) is 5.36. The van der Waals surface area contributed by atoms with E-state index in [1.165, 1.54) is 18.2 Å². The molecule has 0 aliphatic carbocycles. The minimum atomic E-state index is -4.25. The molecule has 0 aromatic heterocycles. The highest BCUT2D eigenvalue weighted by Gasteiger charge is 2.32. The van der Waals surface area contributed by atoms with E-state index in [0.29, 0.717) is 30.3 Å². The van der Waals surface area contributed by atoms with Crippen LogP contribution in [0.1, 0.15) is 50.0 Å². The summed E-state index contributed by atoms with van der Waals surface area (Å²) in [5, 5.41) is 15.3. The number of aliphatic hydroxyl groups is 1. The Morgan fingerprint density at radius 1 is 1.10 bits per heavy atom. The second-order valence-corrected chi connectivity index (χ2v) is 11.6. The highest BCUT2D eigenvalue weighted by atomic mass is 35.5. The van der Waals surface area contributed by atoms with E-state index in [4.69, 9.17) is 11.6 Å². The maximum Gasteiger partial charge on any atom is 0.390 e. The fourth-order valence-corrected chi connectivity index (χ4v) is 4.62. The lowest BCUT2D eigenvalue weighted by Gasteiger charge is -2.41. The Bertz CT molecular complexity index is 1270. The number of nitrogens with one attached hydrogen (secondary N) is 2. The summed E-state index contributed by atoms with van der Waals surface area (Å²) in [6.45, 7) is 7.29. The van der Waals surface area contributed by atoms with Crippen LogP contribution in [0.2, 0.25) is 5.02 Å². The number of amides is 2. The summed E-state index contributed by atoms with van der Waals surface area (Å²) in [5.74, 6) is -4.40. The van der Waals surface area contributed by atoms with E-state index < -0.39 is 59.7 Å². The smallest absolute Gasteiger partial charge is 0.383 e. The zero-order valence-electron chi connectivity index (χ0n) is 23.2. The normalized spacial score (nSPS) is 17.3. The van der Waals surface area contributed by atoms with Gasteiger partial charge in [-0.1, -0.05) is 38.4 Å². The van der Waals surface area contributed by atoms with Crippen molar-refractivity contribution in [2.24, 2.45) is 5.41 Å². The van der Waals surface area contributed by atoms with Crippen molar-refractivity contribution >= 4 is 34.8 Å². The number of aliphatic hydroxyl groups excluding tert-OH is 1. The van der Waals surface area contributed by atoms with E-state index >= 15 is 0 Å². The van der Waals surface area contributed by atoms with E-state index in [9.17, 15) is 36.6 Å². The topological polar surface area (TPSA) is 84.9 Å². The number of anilines is 2. The number of halogens is 6. The van der Waals surface area contributed by atoms with Crippen LogP contribution in [-0.4, -0.2) is 66.3 Å². The maximum absolute atomic E-state index is 14.9. The Kier molecular flexibility index (Phi) is 10.3. The third-order valence-electron chi connectivity index (χ3n) is 6.92. The van der Waals surface area contributed by atoms with Crippen LogP contribution in [0.4, 0.5) is 33.3 Å². The number of rotatable bonds is 8. The summed E-state index contributed by atoms with van der Waals surface area (Å²) in [4.78, 5) is 28.7. The van der Waals surface area contributed by atoms with Gasteiger partial charge in [-0.3, -0.25) is 14.5 Å². The van der Waals surface area contributed by atoms with Crippen LogP contribution in [0.3, 0.4) is 0 Å². The first-order valence-corrected chi connectivity index (χ1v) is 13.4. The Balaban J connectivity index is 1.73. The summed E-state index contributed by atoms with van der Waals surface area (Å²) < 4.78 is 67.8. The molecule has 2 amide bonds. The van der Waals surface area contributed by atoms with Gasteiger partial charge >= 0.3 is 6.18 Å². The van der Waals surface area contributed by atoms with E-state index in [1.807, 2.05) is 4.90 Å². The third-order valence-corrected chi connectivity index (χ3v) is 7.16. The average Bonchev–Trinajstić information content (AvgIpc) is 2.88. The number of alkyl halides is 3. The van der Waals surface area contributed by atoms with Crippen molar-refractivity contribution < 1.29 is 36.6 Å². The molecule has 2 aromatic rings. The van der Waals surface area contributed by atoms with Gasteiger partial charge in [-0.25, -0.2) is 8.78 Å². The number of nitrogens with zero attached hydrogens (tertiary/aromatic N) is 2. The molecule has 0 unspecified atom stereocenters. The molecule has 3 rings (SSSR count). The van der Waals surface area contributed by atoms with Crippen LogP contribution in [-0.2, 0) is 11.3 Å². The lowest BCUT2D eigenvalue weighted by molar-refractivity contribution is -0.139. The second-order valence-electron chi connectivity index (χ2n) is 11.2. The molecule has 3 N–H and O–H groups in total. The molecule has 2 aromatic carbocycles. The third kappa shape index (κ3) is 8.52. The predicted molar refractivity (Wildman–Crippen MR) is 147 cm³/mol. The van der Waals surface area contributed by atoms with E-state index in [1.54, 1.807) is 38.7 Å². The first-order chi connectivity index (χ1) is 19.0. The first kappa shape index (κ1) is 32.6. The van der Waals surface area contributed by atoms with Crippen LogP contribution < -0.4 is 15.5 Å². The molecule has 0 radical (unpaired) electrons. The summed E-state index contributed by atoms with van der Waals surface area (Å²) >= 11 is 6.18. The Labute approximate surface area is 240 Å². The number of hydrogen-bond donors (Lipinski definition) is 3. The zero-order valence-corrected chi connectivity index (χ0v) is 24.0. The number of carbonyl (C=O) groups excluding carboxylic acids is 2. The molecule has 7 nitrogen and oxygen atoms in total. The summed E-state index contributed by atoms with van der Waals surface area (Å²) in [5.41, 5.74) is -0.778. The highest BCUT2D eigenvalue weighted by Crippen LogP contribution is 2.32. The molecule has 1 aliphatic rings. The van der Waals surface area contributed by atoms with Crippen LogP contribution in [0.25, 0.3) is 0 Å². The SMILES string of the molecule is C[C@@H]1CN(c2cc(Cl)ccc2NC(=O)c2ccc(CNC(=O)[C@H](O)C(C)(C)C)c(F)c2F)CCN1CCC(F)(F)F. The van der Waals surface area contributed by atoms with Crippen molar-refractivity contribution in [3.63, 3.8) is 0 Å². The fraction of sp³-hybridized carbons (Fsp3) is 0.500. The van der Waals surface area contributed by atoms with Gasteiger partial charge in [0, 0.05) is 49.4 Å². The molecule has 41 heavy (non-hydrogen) atoms. The van der Waals surface area contributed by atoms with Gasteiger partial charge in [0.15, 0.2) is 11.6 Å². The van der Waals surface area contributed by atoms with Crippen LogP contribution in [0, 0.1) is 17.0 Å². The summed E-state index contributed by atoms with van der Waals surface area (Å²) in [7, 11) is 0. The molecule has 1 saturated heterocycles. The van der Waals surface area contributed by atoms with Crippen molar-refractivity contribution in [3.8, 4) is 0 Å². The van der Waals surface area contributed by atoms with Crippen molar-refractivity contribution in [2.45, 2.75) is 59.0 Å². The van der Waals surface area contributed by atoms with Gasteiger partial charge in [-0.2, -0.15) is 13.2 Å². The van der Waals surface area contributed by atoms with E-state index in [2.05, 4.69) is 10.6 Å². The molecular weight excluding hydrogens is 571 g/mol. The van der Waals surface area contributed by atoms with Crippen molar-refractivity contribution in [1.82, 2.24) is 10.2 Å². The van der Waals surface area contributed by atoms with Gasteiger partial charge in [0.25, 0.3) is 5.91 Å². The Hall–Kier alpha value is -2.96. The monoisotopic (exact) mass is 604 g/mol. The molecule has 0 saturated carbocycles. The second kappa shape index (κ2) is 12.9. The van der Waals surface area contributed by atoms with Gasteiger partial charge in [0.1, 0.15) is 6.10 Å². The van der Waals surface area contributed by atoms with Crippen molar-refractivity contribution in [3.05, 3.63) is 58.1 Å². The first-order valence-electron chi connectivity index (χ1n) is 13.1. The largest absolute Gasteiger partial charge is 0.390 e. The molecule has 1 aliphatic heterocycles. The quantitative estimate of drug-likeness (QED) is 0.354. The minimum absolute atomic E-state index is 0.126. The fourth-order valence-electron chi connectivity index (χ4n) is 4.45. The van der Waals surface area contributed by atoms with Crippen molar-refractivity contribution in [1.29, 1.82) is 0 Å². The maximum atomic E-state index is 14.9. The molecule has 226 valence electrons. The van der Waals surface area contributed by atoms with Gasteiger partial charge in [0.2, 0.25) is 5.91 Å². The van der Waals surface area contributed by atoms with Gasteiger partial charge < -0.3 is 20.6 Å². The molecule has 1 heterocycles. The van der Waals surface area contributed by atoms with Gasteiger partial charge in [0.05, 0.1) is 23.4 Å². The lowest BCUT2D eigenvalue weighted by atomic mass is 9.88. The number of hydrogen-bond acceptors (Lipinski definition) is 5. The Morgan fingerprint density at radius 2 is 1.78 bits per heavy atom. The minimum Gasteiger partial charge on any atom is -0.383 e. The lowest BCUT2D eigenvalue weighted by Crippen LogP contribution is -2.52. The highest BCUT2D eigenvalue weighted by molar-refractivity contribution is 6.31. The van der Waals surface area contributed by atoms with E-state index in [-0.39, 0.29) is 23.8 Å². The summed E-state index contributed by atoms with van der Waals surface area (Å²) in [6, 6.07) is 6.64. The van der Waals surface area contributed by atoms with Crippen LogP contribution in [0.5, 0.6) is 0 Å². The van der Waals surface area contributed by atoms with Crippen molar-refractivity contribution in [2.75, 3.05) is 36.4 Å². The summed E-state index contributed by atoms with van der Waals surface area (Å²) in [6.07, 6.45) is -6.53. The van der Waals surface area contributed by atoms with E-state index in [0.717, 1.165) is 6.07 Å². The number of carbonyl (C=O) groups is 2. The molecule has 0 spiro atoms. The van der Waals surface area contributed by atoms with Gasteiger partial charge in [-0.15, -0.1) is 0 Å². The number of piperazine rings is 1. The molecule has 2 atom stereocenters. The molecule has 0 bridgehead atoms. The van der Waals surface area contributed by atoms with Crippen LogP contribution in [0.15, 0.2) is 30.3 Å². The Morgan fingerprint density at radius 3 is 2.39 bits per heavy atom. The molecule has 1 fully saturated rings. The number of benzene rings is 2. The molecular formula is C28H34ClF5N4O3.